The van der Waals surface area contributed by atoms with Gasteiger partial charge in [-0.25, -0.2) is 4.79 Å². The first-order valence-corrected chi connectivity index (χ1v) is 5.87. The van der Waals surface area contributed by atoms with Crippen LogP contribution in [0.3, 0.4) is 0 Å². The number of hydrogen-bond acceptors (Lipinski definition) is 5. The van der Waals surface area contributed by atoms with Gasteiger partial charge in [-0.2, -0.15) is 5.26 Å². The van der Waals surface area contributed by atoms with Gasteiger partial charge >= 0.3 is 5.97 Å². The van der Waals surface area contributed by atoms with E-state index in [0.717, 1.165) is 12.8 Å². The van der Waals surface area contributed by atoms with E-state index in [1.54, 1.807) is 0 Å². The molecule has 0 amide bonds. The van der Waals surface area contributed by atoms with Crippen molar-refractivity contribution >= 4 is 5.97 Å². The van der Waals surface area contributed by atoms with E-state index in [1.165, 1.54) is 31.8 Å². The van der Waals surface area contributed by atoms with Crippen LogP contribution in [0.25, 0.3) is 0 Å². The van der Waals surface area contributed by atoms with Crippen LogP contribution in [0.1, 0.15) is 45.4 Å². The monoisotopic (exact) mass is 256 g/mol. The molecule has 0 rings (SSSR count). The van der Waals surface area contributed by atoms with Gasteiger partial charge in [-0.15, -0.1) is 4.91 Å². The van der Waals surface area contributed by atoms with E-state index in [9.17, 15) is 9.70 Å². The molecule has 6 nitrogen and oxygen atoms in total. The van der Waals surface area contributed by atoms with Crippen LogP contribution in [-0.4, -0.2) is 17.7 Å². The maximum absolute atomic E-state index is 9.61. The Hall–Kier alpha value is -1.90. The largest absolute Gasteiger partial charge is 0.477 e. The minimum atomic E-state index is -1.26. The van der Waals surface area contributed by atoms with Crippen molar-refractivity contribution in [2.45, 2.75) is 45.4 Å². The average Bonchev–Trinajstić information content (AvgIpc) is 2.37. The lowest BCUT2D eigenvalue weighted by Crippen LogP contribution is -1.94. The Morgan fingerprint density at radius 2 is 1.89 bits per heavy atom. The molecule has 1 N–H and O–H groups in total. The normalized spacial score (nSPS) is 8.44. The first-order chi connectivity index (χ1) is 8.59. The maximum Gasteiger partial charge on any atom is 0.345 e. The average molecular weight is 256 g/mol. The summed E-state index contributed by atoms with van der Waals surface area (Å²) in [5.41, 5.74) is -0.431. The number of hydrogen-bond donors (Lipinski definition) is 1. The van der Waals surface area contributed by atoms with Crippen LogP contribution < -0.4 is 0 Å². The summed E-state index contributed by atoms with van der Waals surface area (Å²) in [7, 11) is 0. The van der Waals surface area contributed by atoms with Gasteiger partial charge in [0.1, 0.15) is 18.2 Å². The highest BCUT2D eigenvalue weighted by molar-refractivity contribution is 5.90. The van der Waals surface area contributed by atoms with Gasteiger partial charge in [0.15, 0.2) is 5.34 Å². The van der Waals surface area contributed by atoms with Crippen molar-refractivity contribution in [1.82, 2.24) is 0 Å². The van der Waals surface area contributed by atoms with E-state index < -0.39 is 11.5 Å². The molecule has 0 spiro atoms. The molecule has 0 aromatic rings. The van der Waals surface area contributed by atoms with Crippen molar-refractivity contribution < 1.29 is 14.7 Å². The van der Waals surface area contributed by atoms with Crippen molar-refractivity contribution in [2.24, 2.45) is 5.34 Å². The zero-order valence-corrected chi connectivity index (χ0v) is 10.7. The maximum atomic E-state index is 9.61. The Morgan fingerprint density at radius 3 is 2.28 bits per heavy atom. The van der Waals surface area contributed by atoms with Crippen molar-refractivity contribution in [3.63, 3.8) is 0 Å². The molecule has 0 saturated carbocycles. The third kappa shape index (κ3) is 16.5. The number of rotatable bonds is 9. The second-order valence-corrected chi connectivity index (χ2v) is 3.57. The number of carboxylic acid groups (broad SMARTS) is 1. The van der Waals surface area contributed by atoms with Crippen molar-refractivity contribution in [3.8, 4) is 6.07 Å². The molecular formula is C12H20N2O4. The summed E-state index contributed by atoms with van der Waals surface area (Å²) in [6.45, 7) is 5.59. The molecule has 0 aliphatic heterocycles. The summed E-state index contributed by atoms with van der Waals surface area (Å²) >= 11 is 0. The topological polar surface area (TPSA) is 99.8 Å². The fraction of sp³-hybridized carbons (Fsp3) is 0.667. The van der Waals surface area contributed by atoms with Crippen LogP contribution in [-0.2, 0) is 9.63 Å². The Kier molecular flexibility index (Phi) is 15.5. The van der Waals surface area contributed by atoms with Crippen LogP contribution in [0.4, 0.5) is 0 Å². The van der Waals surface area contributed by atoms with Gasteiger partial charge in [0, 0.05) is 0 Å². The minimum Gasteiger partial charge on any atom is -0.477 e. The van der Waals surface area contributed by atoms with E-state index in [0.29, 0.717) is 6.61 Å². The lowest BCUT2D eigenvalue weighted by atomic mass is 10.1. The SMILES string of the molecule is C=C(C#N)C(=O)O.CCCCCCCCON=O. The Morgan fingerprint density at radius 1 is 1.33 bits per heavy atom. The molecule has 0 radical (unpaired) electrons. The highest BCUT2D eigenvalue weighted by Gasteiger charge is 1.97. The van der Waals surface area contributed by atoms with E-state index in [-0.39, 0.29) is 0 Å². The van der Waals surface area contributed by atoms with Gasteiger partial charge in [-0.1, -0.05) is 39.2 Å². The van der Waals surface area contributed by atoms with Gasteiger partial charge in [0.2, 0.25) is 0 Å². The van der Waals surface area contributed by atoms with Gasteiger partial charge in [0.05, 0.1) is 0 Å². The smallest absolute Gasteiger partial charge is 0.345 e. The molecule has 0 atom stereocenters. The molecule has 0 saturated heterocycles. The third-order valence-corrected chi connectivity index (χ3v) is 2.03. The van der Waals surface area contributed by atoms with Crippen LogP contribution in [0.5, 0.6) is 0 Å². The second-order valence-electron chi connectivity index (χ2n) is 3.57. The third-order valence-electron chi connectivity index (χ3n) is 2.03. The summed E-state index contributed by atoms with van der Waals surface area (Å²) in [6.07, 6.45) is 7.23. The molecule has 0 aromatic heterocycles. The first kappa shape index (κ1) is 18.5. The molecule has 18 heavy (non-hydrogen) atoms. The summed E-state index contributed by atoms with van der Waals surface area (Å²) in [6, 6.07) is 1.37. The lowest BCUT2D eigenvalue weighted by molar-refractivity contribution is -0.132. The van der Waals surface area contributed by atoms with E-state index >= 15 is 0 Å². The van der Waals surface area contributed by atoms with Crippen LogP contribution in [0.15, 0.2) is 17.5 Å². The van der Waals surface area contributed by atoms with E-state index in [1.807, 2.05) is 0 Å². The van der Waals surface area contributed by atoms with Gasteiger partial charge in [-0.3, -0.25) is 0 Å². The van der Waals surface area contributed by atoms with Gasteiger partial charge < -0.3 is 9.94 Å². The summed E-state index contributed by atoms with van der Waals surface area (Å²) in [5.74, 6) is -1.26. The zero-order chi connectivity index (χ0) is 14.2. The van der Waals surface area contributed by atoms with Gasteiger partial charge in [0.25, 0.3) is 0 Å². The summed E-state index contributed by atoms with van der Waals surface area (Å²) in [4.78, 5) is 23.4. The molecule has 0 heterocycles. The van der Waals surface area contributed by atoms with Crippen LogP contribution in [0.2, 0.25) is 0 Å². The molecule has 0 aromatic carbocycles. The molecule has 0 bridgehead atoms. The number of carbonyl (C=O) groups is 1. The first-order valence-electron chi connectivity index (χ1n) is 5.87. The number of nitrogens with zero attached hydrogens (tertiary/aromatic N) is 2. The molecular weight excluding hydrogens is 236 g/mol. The predicted molar refractivity (Wildman–Crippen MR) is 67.5 cm³/mol. The van der Waals surface area contributed by atoms with E-state index in [2.05, 4.69) is 23.7 Å². The molecule has 0 aliphatic rings. The number of nitriles is 1. The highest BCUT2D eigenvalue weighted by Crippen LogP contribution is 2.04. The minimum absolute atomic E-state index is 0.431. The van der Waals surface area contributed by atoms with Crippen LogP contribution >= 0.6 is 0 Å². The molecule has 102 valence electrons. The quantitative estimate of drug-likeness (QED) is 0.224. The summed E-state index contributed by atoms with van der Waals surface area (Å²) < 4.78 is 0. The number of unbranched alkanes of at least 4 members (excludes halogenated alkanes) is 5. The van der Waals surface area contributed by atoms with E-state index in [4.69, 9.17) is 10.4 Å². The fourth-order valence-corrected chi connectivity index (χ4v) is 1.03. The Bertz CT molecular complexity index is 284. The molecule has 0 unspecified atom stereocenters. The fourth-order valence-electron chi connectivity index (χ4n) is 1.03. The van der Waals surface area contributed by atoms with Crippen molar-refractivity contribution in [2.75, 3.05) is 6.61 Å². The van der Waals surface area contributed by atoms with Crippen molar-refractivity contribution in [1.29, 1.82) is 5.26 Å². The lowest BCUT2D eigenvalue weighted by Gasteiger charge is -1.97. The molecule has 0 aliphatic carbocycles. The Labute approximate surface area is 107 Å². The second kappa shape index (κ2) is 15.1. The number of carboxylic acids is 1. The molecule has 0 fully saturated rings. The van der Waals surface area contributed by atoms with Crippen molar-refractivity contribution in [3.05, 3.63) is 17.1 Å². The van der Waals surface area contributed by atoms with Crippen LogP contribution in [0, 0.1) is 16.2 Å². The Balaban J connectivity index is 0. The standard InChI is InChI=1S/C8H17NO2.C4H3NO2/c1-2-3-4-5-6-7-8-11-9-10;1-3(2-5)4(6)7/h2-8H2,1H3;1H2,(H,6,7). The highest BCUT2D eigenvalue weighted by atomic mass is 16.7. The summed E-state index contributed by atoms with van der Waals surface area (Å²) in [5, 5.41) is 18.0. The number of aliphatic carboxylic acids is 1. The van der Waals surface area contributed by atoms with Gasteiger partial charge in [-0.05, 0) is 12.8 Å². The zero-order valence-electron chi connectivity index (χ0n) is 10.7. The molecule has 6 heteroatoms. The predicted octanol–water partition coefficient (Wildman–Crippen LogP) is 3.20.